The van der Waals surface area contributed by atoms with E-state index in [-0.39, 0.29) is 0 Å². The molecule has 0 aromatic carbocycles. The number of rotatable bonds is 5. The van der Waals surface area contributed by atoms with Crippen molar-refractivity contribution >= 4 is 11.8 Å². The molecular formula is C8H17NO7. The number of aliphatic hydroxyl groups is 4. The van der Waals surface area contributed by atoms with Crippen LogP contribution in [0.15, 0.2) is 0 Å². The number of hydrogen-bond donors (Lipinski definition) is 6. The first kappa shape index (κ1) is 17.3. The van der Waals surface area contributed by atoms with Gasteiger partial charge in [0.1, 0.15) is 18.3 Å². The number of Topliss-reactive ketones (excluding diaryl/α,β-unsaturated/α-hetero) is 1. The third-order valence-electron chi connectivity index (χ3n) is 1.44. The molecule has 16 heavy (non-hydrogen) atoms. The maximum Gasteiger partial charge on any atom is 0.300 e. The van der Waals surface area contributed by atoms with Gasteiger partial charge in [-0.2, -0.15) is 0 Å². The molecule has 3 atom stereocenters. The first-order valence-electron chi connectivity index (χ1n) is 4.35. The highest BCUT2D eigenvalue weighted by molar-refractivity contribution is 5.85. The minimum absolute atomic E-state index is 0.420. The van der Waals surface area contributed by atoms with E-state index in [1.54, 1.807) is 0 Å². The van der Waals surface area contributed by atoms with Crippen LogP contribution in [0.4, 0.5) is 0 Å². The topological polar surface area (TPSA) is 161 Å². The van der Waals surface area contributed by atoms with E-state index in [2.05, 4.69) is 0 Å². The lowest BCUT2D eigenvalue weighted by Gasteiger charge is -2.19. The molecule has 0 aliphatic carbocycles. The summed E-state index contributed by atoms with van der Waals surface area (Å²) in [5.41, 5.74) is 4.89. The molecule has 0 bridgehead atoms. The Morgan fingerprint density at radius 1 is 1.25 bits per heavy atom. The summed E-state index contributed by atoms with van der Waals surface area (Å²) in [5.74, 6) is -1.62. The number of aliphatic hydroxyl groups excluding tert-OH is 4. The van der Waals surface area contributed by atoms with Crippen LogP contribution in [0, 0.1) is 0 Å². The smallest absolute Gasteiger partial charge is 0.300 e. The van der Waals surface area contributed by atoms with Crippen molar-refractivity contribution in [1.29, 1.82) is 0 Å². The second-order valence-electron chi connectivity index (χ2n) is 2.87. The molecule has 0 aliphatic rings. The third kappa shape index (κ3) is 8.26. The van der Waals surface area contributed by atoms with Crippen molar-refractivity contribution in [3.05, 3.63) is 0 Å². The van der Waals surface area contributed by atoms with Gasteiger partial charge in [-0.05, 0) is 0 Å². The van der Waals surface area contributed by atoms with Gasteiger partial charge in [0.2, 0.25) is 0 Å². The van der Waals surface area contributed by atoms with Crippen LogP contribution in [0.2, 0.25) is 0 Å². The van der Waals surface area contributed by atoms with E-state index in [0.29, 0.717) is 0 Å². The normalized spacial score (nSPS) is 15.4. The van der Waals surface area contributed by atoms with Crippen molar-refractivity contribution in [3.63, 3.8) is 0 Å². The van der Waals surface area contributed by atoms with Gasteiger partial charge in [0.25, 0.3) is 5.97 Å². The van der Waals surface area contributed by atoms with Gasteiger partial charge < -0.3 is 31.3 Å². The van der Waals surface area contributed by atoms with Crippen LogP contribution >= 0.6 is 0 Å². The van der Waals surface area contributed by atoms with Crippen LogP contribution in [-0.2, 0) is 9.59 Å². The highest BCUT2D eigenvalue weighted by Crippen LogP contribution is 2.00. The molecule has 0 amide bonds. The van der Waals surface area contributed by atoms with Crippen molar-refractivity contribution in [1.82, 2.24) is 0 Å². The summed E-state index contributed by atoms with van der Waals surface area (Å²) in [5, 5.41) is 42.4. The fraction of sp³-hybridized carbons (Fsp3) is 0.750. The quantitative estimate of drug-likeness (QED) is 0.290. The van der Waals surface area contributed by atoms with E-state index in [1.807, 2.05) is 0 Å². The number of carboxylic acid groups (broad SMARTS) is 1. The van der Waals surface area contributed by atoms with E-state index < -0.39 is 43.2 Å². The molecular weight excluding hydrogens is 222 g/mol. The lowest BCUT2D eigenvalue weighted by Crippen LogP contribution is -2.45. The van der Waals surface area contributed by atoms with Crippen LogP contribution < -0.4 is 5.73 Å². The summed E-state index contributed by atoms with van der Waals surface area (Å²) in [6, 6.07) is 0. The average Bonchev–Trinajstić information content (AvgIpc) is 2.24. The Bertz CT molecular complexity index is 216. The molecule has 3 unspecified atom stereocenters. The van der Waals surface area contributed by atoms with Gasteiger partial charge in [0.05, 0.1) is 13.2 Å². The summed E-state index contributed by atoms with van der Waals surface area (Å²) in [6.07, 6.45) is -4.96. The Balaban J connectivity index is 0. The minimum Gasteiger partial charge on any atom is -0.481 e. The molecule has 0 aliphatic heterocycles. The van der Waals surface area contributed by atoms with E-state index in [9.17, 15) is 4.79 Å². The predicted molar refractivity (Wildman–Crippen MR) is 52.5 cm³/mol. The molecule has 0 aromatic heterocycles. The number of aliphatic carboxylic acids is 1. The summed E-state index contributed by atoms with van der Waals surface area (Å²) in [4.78, 5) is 19.6. The van der Waals surface area contributed by atoms with Gasteiger partial charge in [-0.15, -0.1) is 0 Å². The Hall–Kier alpha value is -1.06. The zero-order chi connectivity index (χ0) is 13.3. The molecule has 0 spiro atoms. The third-order valence-corrected chi connectivity index (χ3v) is 1.44. The van der Waals surface area contributed by atoms with Gasteiger partial charge in [-0.25, -0.2) is 0 Å². The van der Waals surface area contributed by atoms with Crippen molar-refractivity contribution in [2.75, 3.05) is 13.2 Å². The summed E-state index contributed by atoms with van der Waals surface area (Å²) in [7, 11) is 0. The average molecular weight is 239 g/mol. The first-order valence-corrected chi connectivity index (χ1v) is 4.35. The fourth-order valence-electron chi connectivity index (χ4n) is 0.630. The van der Waals surface area contributed by atoms with E-state index >= 15 is 0 Å². The Labute approximate surface area is 91.9 Å². The number of nitrogens with two attached hydrogens (primary N) is 1. The molecule has 0 saturated carbocycles. The molecule has 0 radical (unpaired) electrons. The number of hydrogen-bond acceptors (Lipinski definition) is 7. The molecule has 96 valence electrons. The predicted octanol–water partition coefficient (Wildman–Crippen LogP) is -3.32. The highest BCUT2D eigenvalue weighted by atomic mass is 16.4. The first-order chi connectivity index (χ1) is 7.27. The standard InChI is InChI=1S/C6H13NO5.C2H4O2/c7-1-3(9)5(11)6(12)4(10)2-8;1-2(3)4/h4-6,8,10-12H,1-2,7H2;1H3,(H,3,4). The SMILES string of the molecule is CC(=O)O.NCC(=O)C(O)C(O)C(O)CO. The second-order valence-corrected chi connectivity index (χ2v) is 2.87. The molecule has 8 heteroatoms. The van der Waals surface area contributed by atoms with Crippen LogP contribution in [0.1, 0.15) is 6.92 Å². The minimum atomic E-state index is -1.74. The van der Waals surface area contributed by atoms with Gasteiger partial charge in [0.15, 0.2) is 5.78 Å². The Kier molecular flexibility index (Phi) is 9.96. The summed E-state index contributed by atoms with van der Waals surface area (Å²) in [6.45, 7) is -0.0630. The second kappa shape index (κ2) is 9.19. The highest BCUT2D eigenvalue weighted by Gasteiger charge is 2.28. The molecule has 0 fully saturated rings. The van der Waals surface area contributed by atoms with Crippen molar-refractivity contribution in [2.24, 2.45) is 5.73 Å². The van der Waals surface area contributed by atoms with Crippen molar-refractivity contribution < 1.29 is 35.1 Å². The van der Waals surface area contributed by atoms with Gasteiger partial charge in [-0.1, -0.05) is 0 Å². The Morgan fingerprint density at radius 2 is 1.62 bits per heavy atom. The zero-order valence-electron chi connectivity index (χ0n) is 8.78. The van der Waals surface area contributed by atoms with E-state index in [1.165, 1.54) is 0 Å². The fourth-order valence-corrected chi connectivity index (χ4v) is 0.630. The van der Waals surface area contributed by atoms with Gasteiger partial charge >= 0.3 is 0 Å². The lowest BCUT2D eigenvalue weighted by atomic mass is 10.1. The molecule has 0 rings (SSSR count). The number of carbonyl (C=O) groups is 2. The monoisotopic (exact) mass is 239 g/mol. The van der Waals surface area contributed by atoms with Gasteiger partial charge in [0, 0.05) is 6.92 Å². The van der Waals surface area contributed by atoms with Crippen LogP contribution in [-0.4, -0.2) is 68.7 Å². The molecule has 0 heterocycles. The maximum absolute atomic E-state index is 10.6. The van der Waals surface area contributed by atoms with E-state index in [4.69, 9.17) is 36.1 Å². The molecule has 0 saturated heterocycles. The van der Waals surface area contributed by atoms with Crippen LogP contribution in [0.25, 0.3) is 0 Å². The number of carbonyl (C=O) groups excluding carboxylic acids is 1. The summed E-state index contributed by atoms with van der Waals surface area (Å²) < 4.78 is 0. The van der Waals surface area contributed by atoms with Crippen LogP contribution in [0.5, 0.6) is 0 Å². The summed E-state index contributed by atoms with van der Waals surface area (Å²) >= 11 is 0. The molecule has 7 N–H and O–H groups in total. The molecule has 8 nitrogen and oxygen atoms in total. The van der Waals surface area contributed by atoms with Crippen molar-refractivity contribution in [2.45, 2.75) is 25.2 Å². The largest absolute Gasteiger partial charge is 0.481 e. The van der Waals surface area contributed by atoms with Crippen molar-refractivity contribution in [3.8, 4) is 0 Å². The maximum atomic E-state index is 10.6. The van der Waals surface area contributed by atoms with Crippen LogP contribution in [0.3, 0.4) is 0 Å². The number of carboxylic acids is 1. The lowest BCUT2D eigenvalue weighted by molar-refractivity contribution is -0.138. The Morgan fingerprint density at radius 3 is 1.88 bits per heavy atom. The zero-order valence-corrected chi connectivity index (χ0v) is 8.78. The molecule has 0 aromatic rings. The van der Waals surface area contributed by atoms with Gasteiger partial charge in [-0.3, -0.25) is 9.59 Å². The number of ketones is 1. The van der Waals surface area contributed by atoms with E-state index in [0.717, 1.165) is 6.92 Å².